The molecule has 1 fully saturated rings. The van der Waals surface area contributed by atoms with Gasteiger partial charge >= 0.3 is 0 Å². The van der Waals surface area contributed by atoms with Crippen LogP contribution in [-0.4, -0.2) is 19.2 Å². The lowest BCUT2D eigenvalue weighted by Crippen LogP contribution is -2.32. The third-order valence-electron chi connectivity index (χ3n) is 2.41. The molecular formula is C11H14N2O2. The van der Waals surface area contributed by atoms with Gasteiger partial charge in [-0.15, -0.1) is 0 Å². The maximum Gasteiger partial charge on any atom is 0.221 e. The molecule has 2 rings (SSSR count). The van der Waals surface area contributed by atoms with Gasteiger partial charge < -0.3 is 15.4 Å². The topological polar surface area (TPSA) is 50.4 Å². The Bertz CT molecular complexity index is 365. The largest absolute Gasteiger partial charge is 0.497 e. The van der Waals surface area contributed by atoms with Crippen molar-refractivity contribution in [2.45, 2.75) is 19.0 Å². The zero-order valence-electron chi connectivity index (χ0n) is 8.62. The maximum atomic E-state index is 11.0. The van der Waals surface area contributed by atoms with E-state index in [4.69, 9.17) is 4.74 Å². The summed E-state index contributed by atoms with van der Waals surface area (Å²) in [4.78, 5) is 11.0. The van der Waals surface area contributed by atoms with Crippen LogP contribution < -0.4 is 15.4 Å². The second kappa shape index (κ2) is 4.21. The molecule has 1 atom stereocenters. The first-order valence-corrected chi connectivity index (χ1v) is 4.98. The van der Waals surface area contributed by atoms with Crippen LogP contribution >= 0.6 is 0 Å². The molecule has 0 aromatic heterocycles. The Labute approximate surface area is 88.6 Å². The SMILES string of the molecule is COc1cccc(N[C@H]2CCC(=O)N2)c1. The van der Waals surface area contributed by atoms with Crippen LogP contribution in [-0.2, 0) is 4.79 Å². The molecule has 4 nitrogen and oxygen atoms in total. The third kappa shape index (κ3) is 2.40. The van der Waals surface area contributed by atoms with Crippen molar-refractivity contribution in [1.82, 2.24) is 5.32 Å². The fraction of sp³-hybridized carbons (Fsp3) is 0.364. The fourth-order valence-corrected chi connectivity index (χ4v) is 1.64. The minimum Gasteiger partial charge on any atom is -0.497 e. The molecule has 2 N–H and O–H groups in total. The fourth-order valence-electron chi connectivity index (χ4n) is 1.64. The predicted molar refractivity (Wildman–Crippen MR) is 57.8 cm³/mol. The maximum absolute atomic E-state index is 11.0. The number of benzene rings is 1. The monoisotopic (exact) mass is 206 g/mol. The molecule has 0 unspecified atom stereocenters. The molecule has 1 aromatic rings. The smallest absolute Gasteiger partial charge is 0.221 e. The van der Waals surface area contributed by atoms with E-state index in [1.54, 1.807) is 7.11 Å². The van der Waals surface area contributed by atoms with Gasteiger partial charge in [0.1, 0.15) is 5.75 Å². The van der Waals surface area contributed by atoms with Gasteiger partial charge in [-0.25, -0.2) is 0 Å². The molecular weight excluding hydrogens is 192 g/mol. The summed E-state index contributed by atoms with van der Waals surface area (Å²) in [6, 6.07) is 7.66. The van der Waals surface area contributed by atoms with Crippen molar-refractivity contribution in [2.75, 3.05) is 12.4 Å². The Balaban J connectivity index is 2.01. The molecule has 0 bridgehead atoms. The molecule has 80 valence electrons. The summed E-state index contributed by atoms with van der Waals surface area (Å²) in [6.45, 7) is 0. The lowest BCUT2D eigenvalue weighted by molar-refractivity contribution is -0.119. The van der Waals surface area contributed by atoms with Crippen molar-refractivity contribution in [2.24, 2.45) is 0 Å². The Kier molecular flexibility index (Phi) is 2.76. The molecule has 4 heteroatoms. The highest BCUT2D eigenvalue weighted by atomic mass is 16.5. The lowest BCUT2D eigenvalue weighted by atomic mass is 10.2. The average Bonchev–Trinajstić information content (AvgIpc) is 2.64. The number of carbonyl (C=O) groups excluding carboxylic acids is 1. The first-order chi connectivity index (χ1) is 7.28. The van der Waals surface area contributed by atoms with Crippen LogP contribution in [0.1, 0.15) is 12.8 Å². The highest BCUT2D eigenvalue weighted by Crippen LogP contribution is 2.18. The van der Waals surface area contributed by atoms with Crippen molar-refractivity contribution in [3.63, 3.8) is 0 Å². The van der Waals surface area contributed by atoms with Gasteiger partial charge in [-0.3, -0.25) is 4.79 Å². The molecule has 1 aliphatic heterocycles. The summed E-state index contributed by atoms with van der Waals surface area (Å²) in [5, 5.41) is 6.08. The molecule has 0 spiro atoms. The second-order valence-electron chi connectivity index (χ2n) is 3.54. The lowest BCUT2D eigenvalue weighted by Gasteiger charge is -2.14. The Hall–Kier alpha value is -1.71. The van der Waals surface area contributed by atoms with Gasteiger partial charge in [-0.1, -0.05) is 6.07 Å². The highest BCUT2D eigenvalue weighted by Gasteiger charge is 2.19. The standard InChI is InChI=1S/C11H14N2O2/c1-15-9-4-2-3-8(7-9)12-10-5-6-11(14)13-10/h2-4,7,10,12H,5-6H2,1H3,(H,13,14)/t10-/m1/s1. The number of anilines is 1. The van der Waals surface area contributed by atoms with Crippen molar-refractivity contribution >= 4 is 11.6 Å². The Morgan fingerprint density at radius 2 is 2.40 bits per heavy atom. The number of rotatable bonds is 3. The molecule has 15 heavy (non-hydrogen) atoms. The van der Waals surface area contributed by atoms with Crippen LogP contribution in [0, 0.1) is 0 Å². The van der Waals surface area contributed by atoms with Crippen molar-refractivity contribution in [3.05, 3.63) is 24.3 Å². The van der Waals surface area contributed by atoms with Gasteiger partial charge in [0.2, 0.25) is 5.91 Å². The van der Waals surface area contributed by atoms with E-state index in [-0.39, 0.29) is 12.1 Å². The molecule has 1 aromatic carbocycles. The second-order valence-corrected chi connectivity index (χ2v) is 3.54. The van der Waals surface area contributed by atoms with Crippen molar-refractivity contribution in [1.29, 1.82) is 0 Å². The number of carbonyl (C=O) groups is 1. The summed E-state index contributed by atoms with van der Waals surface area (Å²) < 4.78 is 5.11. The number of hydrogen-bond donors (Lipinski definition) is 2. The van der Waals surface area contributed by atoms with Crippen molar-refractivity contribution < 1.29 is 9.53 Å². The van der Waals surface area contributed by atoms with E-state index in [0.717, 1.165) is 17.9 Å². The van der Waals surface area contributed by atoms with Gasteiger partial charge in [0.25, 0.3) is 0 Å². The van der Waals surface area contributed by atoms with Gasteiger partial charge in [0, 0.05) is 18.2 Å². The molecule has 1 saturated heterocycles. The van der Waals surface area contributed by atoms with Crippen LogP contribution in [0.15, 0.2) is 24.3 Å². The average molecular weight is 206 g/mol. The third-order valence-corrected chi connectivity index (χ3v) is 2.41. The van der Waals surface area contributed by atoms with Gasteiger partial charge in [-0.05, 0) is 18.6 Å². The first kappa shape index (κ1) is 9.83. The summed E-state index contributed by atoms with van der Waals surface area (Å²) in [5.41, 5.74) is 0.960. The van der Waals surface area contributed by atoms with E-state index < -0.39 is 0 Å². The first-order valence-electron chi connectivity index (χ1n) is 4.98. The number of amides is 1. The molecule has 1 amide bonds. The van der Waals surface area contributed by atoms with E-state index in [2.05, 4.69) is 10.6 Å². The highest BCUT2D eigenvalue weighted by molar-refractivity contribution is 5.79. The van der Waals surface area contributed by atoms with Crippen LogP contribution in [0.25, 0.3) is 0 Å². The number of hydrogen-bond acceptors (Lipinski definition) is 3. The summed E-state index contributed by atoms with van der Waals surface area (Å²) >= 11 is 0. The zero-order chi connectivity index (χ0) is 10.7. The molecule has 0 saturated carbocycles. The molecule has 0 radical (unpaired) electrons. The minimum absolute atomic E-state index is 0.0459. The van der Waals surface area contributed by atoms with Crippen LogP contribution in [0.2, 0.25) is 0 Å². The van der Waals surface area contributed by atoms with Gasteiger partial charge in [0.05, 0.1) is 13.3 Å². The van der Waals surface area contributed by atoms with Crippen LogP contribution in [0.3, 0.4) is 0 Å². The van der Waals surface area contributed by atoms with E-state index in [0.29, 0.717) is 6.42 Å². The number of methoxy groups -OCH3 is 1. The van der Waals surface area contributed by atoms with Gasteiger partial charge in [0.15, 0.2) is 0 Å². The molecule has 1 heterocycles. The Morgan fingerprint density at radius 3 is 3.07 bits per heavy atom. The Morgan fingerprint density at radius 1 is 1.53 bits per heavy atom. The van der Waals surface area contributed by atoms with E-state index in [9.17, 15) is 4.79 Å². The van der Waals surface area contributed by atoms with Gasteiger partial charge in [-0.2, -0.15) is 0 Å². The van der Waals surface area contributed by atoms with Crippen LogP contribution in [0.4, 0.5) is 5.69 Å². The predicted octanol–water partition coefficient (Wildman–Crippen LogP) is 1.34. The summed E-state index contributed by atoms with van der Waals surface area (Å²) in [6.07, 6.45) is 1.47. The van der Waals surface area contributed by atoms with E-state index in [1.165, 1.54) is 0 Å². The summed E-state index contributed by atoms with van der Waals surface area (Å²) in [7, 11) is 1.64. The zero-order valence-corrected chi connectivity index (χ0v) is 8.62. The van der Waals surface area contributed by atoms with E-state index in [1.807, 2.05) is 24.3 Å². The number of ether oxygens (including phenoxy) is 1. The normalized spacial score (nSPS) is 19.8. The van der Waals surface area contributed by atoms with Crippen LogP contribution in [0.5, 0.6) is 5.75 Å². The van der Waals surface area contributed by atoms with E-state index >= 15 is 0 Å². The molecule has 1 aliphatic rings. The summed E-state index contributed by atoms with van der Waals surface area (Å²) in [5.74, 6) is 0.916. The minimum atomic E-state index is 0.0459. The number of nitrogens with one attached hydrogen (secondary N) is 2. The quantitative estimate of drug-likeness (QED) is 0.784. The van der Waals surface area contributed by atoms with Crippen molar-refractivity contribution in [3.8, 4) is 5.75 Å². The molecule has 0 aliphatic carbocycles.